The summed E-state index contributed by atoms with van der Waals surface area (Å²) in [4.78, 5) is 20.3. The molecule has 7 nitrogen and oxygen atoms in total. The van der Waals surface area contributed by atoms with E-state index in [1.165, 1.54) is 11.1 Å². The van der Waals surface area contributed by atoms with E-state index < -0.39 is 11.9 Å². The number of aliphatic carboxylic acids is 2. The van der Waals surface area contributed by atoms with Gasteiger partial charge >= 0.3 is 11.9 Å². The molecule has 0 unspecified atom stereocenters. The van der Waals surface area contributed by atoms with Crippen molar-refractivity contribution in [2.45, 2.75) is 18.3 Å². The zero-order valence-corrected chi connectivity index (χ0v) is 15.9. The predicted molar refractivity (Wildman–Crippen MR) is 103 cm³/mol. The molecule has 0 aliphatic carbocycles. The van der Waals surface area contributed by atoms with Gasteiger partial charge in [0.05, 0.1) is 18.6 Å². The van der Waals surface area contributed by atoms with Gasteiger partial charge < -0.3 is 24.6 Å². The highest BCUT2D eigenvalue weighted by atomic mass is 16.7. The normalized spacial score (nSPS) is 18.6. The van der Waals surface area contributed by atoms with Crippen LogP contribution < -0.4 is 0 Å². The van der Waals surface area contributed by atoms with Crippen LogP contribution in [0.25, 0.3) is 0 Å². The molecule has 1 aliphatic heterocycles. The van der Waals surface area contributed by atoms with Crippen molar-refractivity contribution in [3.63, 3.8) is 0 Å². The van der Waals surface area contributed by atoms with Gasteiger partial charge in [-0.05, 0) is 25.2 Å². The molecule has 2 aromatic rings. The minimum absolute atomic E-state index is 0.106. The van der Waals surface area contributed by atoms with E-state index in [2.05, 4.69) is 67.5 Å². The zero-order chi connectivity index (χ0) is 20.5. The van der Waals surface area contributed by atoms with E-state index in [0.29, 0.717) is 6.61 Å². The Balaban J connectivity index is 0.000000409. The molecular formula is C21H25NO6. The molecule has 1 heterocycles. The summed E-state index contributed by atoms with van der Waals surface area (Å²) >= 11 is 0. The summed E-state index contributed by atoms with van der Waals surface area (Å²) in [6.45, 7) is 1.53. The van der Waals surface area contributed by atoms with E-state index in [-0.39, 0.29) is 18.3 Å². The molecule has 0 saturated carbocycles. The second-order valence-electron chi connectivity index (χ2n) is 6.63. The summed E-state index contributed by atoms with van der Waals surface area (Å²) in [5.74, 6) is -3.54. The molecular weight excluding hydrogens is 362 g/mol. The van der Waals surface area contributed by atoms with Gasteiger partial charge in [0.2, 0.25) is 0 Å². The first-order valence-corrected chi connectivity index (χ1v) is 8.86. The first-order chi connectivity index (χ1) is 13.4. The van der Waals surface area contributed by atoms with Crippen LogP contribution in [0, 0.1) is 0 Å². The van der Waals surface area contributed by atoms with E-state index in [1.54, 1.807) is 0 Å². The van der Waals surface area contributed by atoms with Crippen LogP contribution in [0.4, 0.5) is 0 Å². The number of ether oxygens (including phenoxy) is 2. The Hall–Kier alpha value is -2.74. The Labute approximate surface area is 164 Å². The maximum atomic E-state index is 9.10. The van der Waals surface area contributed by atoms with Crippen LogP contribution in [-0.4, -0.2) is 66.7 Å². The largest absolute Gasteiger partial charge is 0.473 e. The fourth-order valence-electron chi connectivity index (χ4n) is 2.98. The third-order valence-electron chi connectivity index (χ3n) is 4.11. The van der Waals surface area contributed by atoms with Crippen molar-refractivity contribution in [1.29, 1.82) is 0 Å². The van der Waals surface area contributed by atoms with Crippen molar-refractivity contribution in [3.05, 3.63) is 71.8 Å². The highest BCUT2D eigenvalue weighted by Gasteiger charge is 2.34. The maximum absolute atomic E-state index is 9.10. The van der Waals surface area contributed by atoms with Crippen LogP contribution in [0.1, 0.15) is 17.0 Å². The van der Waals surface area contributed by atoms with Crippen LogP contribution in [-0.2, 0) is 19.1 Å². The molecule has 7 heteroatoms. The smallest absolute Gasteiger partial charge is 0.414 e. The fraction of sp³-hybridized carbons (Fsp3) is 0.333. The number of hydrogen-bond acceptors (Lipinski definition) is 5. The van der Waals surface area contributed by atoms with Crippen LogP contribution in [0.2, 0.25) is 0 Å². The first kappa shape index (κ1) is 21.6. The maximum Gasteiger partial charge on any atom is 0.414 e. The quantitative estimate of drug-likeness (QED) is 0.760. The summed E-state index contributed by atoms with van der Waals surface area (Å²) in [7, 11) is 4.12. The number of carbonyl (C=O) groups is 2. The number of likely N-dealkylation sites (N-methyl/N-ethyl adjacent to an activating group) is 1. The van der Waals surface area contributed by atoms with Crippen molar-refractivity contribution in [2.24, 2.45) is 0 Å². The summed E-state index contributed by atoms with van der Waals surface area (Å²) in [6, 6.07) is 20.9. The van der Waals surface area contributed by atoms with E-state index in [0.717, 1.165) is 6.54 Å². The highest BCUT2D eigenvalue weighted by molar-refractivity contribution is 6.27. The van der Waals surface area contributed by atoms with E-state index >= 15 is 0 Å². The fourth-order valence-corrected chi connectivity index (χ4v) is 2.98. The molecule has 1 fully saturated rings. The second-order valence-corrected chi connectivity index (χ2v) is 6.63. The molecule has 150 valence electrons. The Morgan fingerprint density at radius 2 is 1.43 bits per heavy atom. The predicted octanol–water partition coefficient (Wildman–Crippen LogP) is 2.28. The average molecular weight is 387 g/mol. The van der Waals surface area contributed by atoms with Gasteiger partial charge in [0, 0.05) is 6.54 Å². The zero-order valence-electron chi connectivity index (χ0n) is 15.9. The molecule has 0 amide bonds. The van der Waals surface area contributed by atoms with Crippen LogP contribution >= 0.6 is 0 Å². The van der Waals surface area contributed by atoms with Gasteiger partial charge in [-0.3, -0.25) is 0 Å². The standard InChI is InChI=1S/C19H23NO2.C2H2O4/c1-20(2)13-17-14-21-19(22-17)18(15-9-5-3-6-10-15)16-11-7-4-8-12-16;3-1(4)2(5)6/h3-12,17-19H,13-14H2,1-2H3;(H,3,4)(H,5,6)/t17-,19-;/m1./s1. The number of hydrogen-bond donors (Lipinski definition) is 2. The van der Waals surface area contributed by atoms with E-state index in [4.69, 9.17) is 29.3 Å². The van der Waals surface area contributed by atoms with Gasteiger partial charge in [-0.25, -0.2) is 9.59 Å². The summed E-state index contributed by atoms with van der Waals surface area (Å²) in [6.07, 6.45) is -0.0929. The SMILES string of the molecule is CN(C)C[C@@H]1CO[C@@H](C(c2ccccc2)c2ccccc2)O1.O=C(O)C(=O)O. The van der Waals surface area contributed by atoms with Crippen molar-refractivity contribution in [1.82, 2.24) is 4.90 Å². The molecule has 0 aromatic heterocycles. The second kappa shape index (κ2) is 10.6. The minimum atomic E-state index is -1.82. The molecule has 0 spiro atoms. The van der Waals surface area contributed by atoms with Gasteiger partial charge in [-0.2, -0.15) is 0 Å². The summed E-state index contributed by atoms with van der Waals surface area (Å²) < 4.78 is 12.2. The molecule has 0 radical (unpaired) electrons. The van der Waals surface area contributed by atoms with Gasteiger partial charge in [0.15, 0.2) is 6.29 Å². The lowest BCUT2D eigenvalue weighted by molar-refractivity contribution is -0.159. The lowest BCUT2D eigenvalue weighted by atomic mass is 9.91. The van der Waals surface area contributed by atoms with Crippen LogP contribution in [0.5, 0.6) is 0 Å². The number of nitrogens with zero attached hydrogens (tertiary/aromatic N) is 1. The van der Waals surface area contributed by atoms with Crippen molar-refractivity contribution < 1.29 is 29.3 Å². The molecule has 28 heavy (non-hydrogen) atoms. The highest BCUT2D eigenvalue weighted by Crippen LogP contribution is 2.33. The monoisotopic (exact) mass is 387 g/mol. The lowest BCUT2D eigenvalue weighted by Gasteiger charge is -2.24. The molecule has 2 atom stereocenters. The van der Waals surface area contributed by atoms with Gasteiger partial charge in [-0.15, -0.1) is 0 Å². The van der Waals surface area contributed by atoms with E-state index in [9.17, 15) is 0 Å². The molecule has 2 N–H and O–H groups in total. The van der Waals surface area contributed by atoms with Crippen molar-refractivity contribution in [2.75, 3.05) is 27.2 Å². The Bertz CT molecular complexity index is 699. The number of carboxylic acids is 2. The molecule has 0 bridgehead atoms. The Morgan fingerprint density at radius 1 is 0.964 bits per heavy atom. The van der Waals surface area contributed by atoms with Crippen molar-refractivity contribution in [3.8, 4) is 0 Å². The van der Waals surface area contributed by atoms with E-state index in [1.807, 2.05) is 12.1 Å². The number of carboxylic acid groups (broad SMARTS) is 2. The van der Waals surface area contributed by atoms with Crippen molar-refractivity contribution >= 4 is 11.9 Å². The van der Waals surface area contributed by atoms with Gasteiger partial charge in [0.25, 0.3) is 0 Å². The summed E-state index contributed by atoms with van der Waals surface area (Å²) in [5.41, 5.74) is 2.45. The molecule has 2 aromatic carbocycles. The van der Waals surface area contributed by atoms with Gasteiger partial charge in [-0.1, -0.05) is 60.7 Å². The Kier molecular flexibility index (Phi) is 8.13. The molecule has 1 saturated heterocycles. The Morgan fingerprint density at radius 3 is 1.82 bits per heavy atom. The van der Waals surface area contributed by atoms with Crippen LogP contribution in [0.15, 0.2) is 60.7 Å². The molecule has 3 rings (SSSR count). The topological polar surface area (TPSA) is 96.3 Å². The number of rotatable bonds is 5. The third kappa shape index (κ3) is 6.45. The third-order valence-corrected chi connectivity index (χ3v) is 4.11. The number of benzene rings is 2. The summed E-state index contributed by atoms with van der Waals surface area (Å²) in [5, 5.41) is 14.8. The average Bonchev–Trinajstić information content (AvgIpc) is 3.11. The first-order valence-electron chi connectivity index (χ1n) is 8.86. The minimum Gasteiger partial charge on any atom is -0.473 e. The lowest BCUT2D eigenvalue weighted by Crippen LogP contribution is -2.29. The van der Waals surface area contributed by atoms with Gasteiger partial charge in [0.1, 0.15) is 0 Å². The molecule has 1 aliphatic rings. The van der Waals surface area contributed by atoms with Crippen LogP contribution in [0.3, 0.4) is 0 Å².